The van der Waals surface area contributed by atoms with E-state index in [0.29, 0.717) is 23.2 Å². The highest BCUT2D eigenvalue weighted by Crippen LogP contribution is 2.60. The van der Waals surface area contributed by atoms with Crippen LogP contribution in [0.1, 0.15) is 19.4 Å². The van der Waals surface area contributed by atoms with Crippen LogP contribution in [0.15, 0.2) is 52.0 Å². The largest absolute Gasteiger partial charge is 0.389 e. The van der Waals surface area contributed by atoms with Crippen LogP contribution in [-0.4, -0.2) is 22.3 Å². The molecule has 1 aromatic heterocycles. The van der Waals surface area contributed by atoms with Gasteiger partial charge in [-0.2, -0.15) is 0 Å². The van der Waals surface area contributed by atoms with Gasteiger partial charge in [0.25, 0.3) is 0 Å². The Balaban J connectivity index is 1.78. The number of benzene rings is 2. The number of rotatable bonds is 8. The van der Waals surface area contributed by atoms with E-state index in [4.69, 9.17) is 9.05 Å². The predicted octanol–water partition coefficient (Wildman–Crippen LogP) is 6.76. The van der Waals surface area contributed by atoms with Crippen molar-refractivity contribution < 1.29 is 13.6 Å². The van der Waals surface area contributed by atoms with Crippen molar-refractivity contribution in [3.8, 4) is 11.4 Å². The summed E-state index contributed by atoms with van der Waals surface area (Å²) in [6.45, 7) is 1.18. The van der Waals surface area contributed by atoms with Gasteiger partial charge in [0.1, 0.15) is 5.03 Å². The van der Waals surface area contributed by atoms with Crippen LogP contribution in [0.2, 0.25) is 0 Å². The molecule has 0 spiro atoms. The van der Waals surface area contributed by atoms with Gasteiger partial charge in [-0.25, -0.2) is 14.5 Å². The lowest BCUT2D eigenvalue weighted by molar-refractivity contribution is 0.221. The van der Waals surface area contributed by atoms with E-state index >= 15 is 0 Å². The van der Waals surface area contributed by atoms with Gasteiger partial charge in [0, 0.05) is 21.2 Å². The highest BCUT2D eigenvalue weighted by Gasteiger charge is 2.24. The minimum atomic E-state index is -3.11. The summed E-state index contributed by atoms with van der Waals surface area (Å²) in [5.41, 5.74) is 2.61. The number of nitrogens with zero attached hydrogens (tertiary/aromatic N) is 2. The van der Waals surface area contributed by atoms with Crippen molar-refractivity contribution in [2.45, 2.75) is 25.5 Å². The van der Waals surface area contributed by atoms with Gasteiger partial charge >= 0.3 is 6.80 Å². The van der Waals surface area contributed by atoms with Gasteiger partial charge in [-0.3, -0.25) is 4.52 Å². The van der Waals surface area contributed by atoms with E-state index in [1.807, 2.05) is 49.4 Å². The third kappa shape index (κ3) is 5.38. The molecule has 0 saturated heterocycles. The monoisotopic (exact) mass is 498 g/mol. The third-order valence-electron chi connectivity index (χ3n) is 3.81. The molecule has 1 heterocycles. The second-order valence-corrected chi connectivity index (χ2v) is 11.5. The second kappa shape index (κ2) is 9.74. The summed E-state index contributed by atoms with van der Waals surface area (Å²) in [6.07, 6.45) is 0. The van der Waals surface area contributed by atoms with E-state index < -0.39 is 6.80 Å². The van der Waals surface area contributed by atoms with Gasteiger partial charge in [-0.05, 0) is 42.1 Å². The molecule has 5 nitrogen and oxygen atoms in total. The van der Waals surface area contributed by atoms with Crippen LogP contribution in [0.4, 0.5) is 0 Å². The zero-order chi connectivity index (χ0) is 20.1. The Kier molecular flexibility index (Phi) is 7.59. The van der Waals surface area contributed by atoms with E-state index in [1.165, 1.54) is 11.4 Å². The molecule has 1 unspecified atom stereocenters. The third-order valence-corrected chi connectivity index (χ3v) is 8.60. The van der Waals surface area contributed by atoms with Crippen LogP contribution in [0.25, 0.3) is 22.3 Å². The molecule has 2 aromatic carbocycles. The van der Waals surface area contributed by atoms with E-state index in [0.717, 1.165) is 26.5 Å². The van der Waals surface area contributed by atoms with Crippen LogP contribution in [-0.2, 0) is 20.2 Å². The topological polar surface area (TPSA) is 61.3 Å². The van der Waals surface area contributed by atoms with Gasteiger partial charge in [0.2, 0.25) is 0 Å². The van der Waals surface area contributed by atoms with Gasteiger partial charge in [0.15, 0.2) is 5.82 Å². The molecule has 148 valence electrons. The standard InChI is InChI=1S/C19H20BrN2O3PS2/c1-3-24-26(23,28-4-2)25-12-13-5-7-14(8-6-13)18-21-17-10-9-15(20)11-16(17)19(27)22-18/h5-11H,3-4,12H2,1-2H3,(H,21,22,27). The van der Waals surface area contributed by atoms with Crippen molar-refractivity contribution in [1.29, 1.82) is 0 Å². The molecule has 3 rings (SSSR count). The van der Waals surface area contributed by atoms with Gasteiger partial charge < -0.3 is 4.52 Å². The lowest BCUT2D eigenvalue weighted by atomic mass is 10.1. The van der Waals surface area contributed by atoms with Crippen molar-refractivity contribution >= 4 is 57.6 Å². The zero-order valence-electron chi connectivity index (χ0n) is 15.5. The zero-order valence-corrected chi connectivity index (χ0v) is 19.7. The minimum absolute atomic E-state index is 0.217. The SMILES string of the molecule is CCOP(=O)(OCc1ccc(-c2nc(S)c3cc(Br)ccc3n2)cc1)SCC. The summed E-state index contributed by atoms with van der Waals surface area (Å²) in [5.74, 6) is 1.27. The van der Waals surface area contributed by atoms with Crippen molar-refractivity contribution in [1.82, 2.24) is 9.97 Å². The number of hydrogen-bond acceptors (Lipinski definition) is 7. The summed E-state index contributed by atoms with van der Waals surface area (Å²) < 4.78 is 24.4. The van der Waals surface area contributed by atoms with Crippen LogP contribution in [0.3, 0.4) is 0 Å². The number of halogens is 1. The van der Waals surface area contributed by atoms with E-state index in [-0.39, 0.29) is 6.61 Å². The molecule has 0 aliphatic heterocycles. The quantitative estimate of drug-likeness (QED) is 0.210. The van der Waals surface area contributed by atoms with Crippen molar-refractivity contribution in [3.63, 3.8) is 0 Å². The Morgan fingerprint density at radius 1 is 1.11 bits per heavy atom. The lowest BCUT2D eigenvalue weighted by Crippen LogP contribution is -1.96. The predicted molar refractivity (Wildman–Crippen MR) is 122 cm³/mol. The van der Waals surface area contributed by atoms with Gasteiger partial charge in [0.05, 0.1) is 18.7 Å². The van der Waals surface area contributed by atoms with Crippen LogP contribution in [0, 0.1) is 0 Å². The van der Waals surface area contributed by atoms with Crippen molar-refractivity contribution in [2.75, 3.05) is 12.4 Å². The summed E-state index contributed by atoms with van der Waals surface area (Å²) in [7, 11) is 0. The fraction of sp³-hybridized carbons (Fsp3) is 0.263. The van der Waals surface area contributed by atoms with E-state index in [2.05, 4.69) is 38.5 Å². The number of aromatic nitrogens is 2. The summed E-state index contributed by atoms with van der Waals surface area (Å²) in [4.78, 5) is 9.14. The van der Waals surface area contributed by atoms with E-state index in [1.54, 1.807) is 6.92 Å². The first-order valence-corrected chi connectivity index (χ1v) is 13.1. The first-order chi connectivity index (χ1) is 13.4. The fourth-order valence-corrected chi connectivity index (χ4v) is 6.21. The first kappa shape index (κ1) is 21.8. The van der Waals surface area contributed by atoms with Crippen LogP contribution < -0.4 is 0 Å². The maximum atomic E-state index is 12.5. The average Bonchev–Trinajstić information content (AvgIpc) is 2.68. The Morgan fingerprint density at radius 3 is 2.54 bits per heavy atom. The molecule has 9 heteroatoms. The molecule has 1 atom stereocenters. The van der Waals surface area contributed by atoms with Crippen LogP contribution in [0.5, 0.6) is 0 Å². The maximum Gasteiger partial charge on any atom is 0.389 e. The number of hydrogen-bond donors (Lipinski definition) is 1. The highest BCUT2D eigenvalue weighted by molar-refractivity contribution is 9.10. The van der Waals surface area contributed by atoms with Crippen LogP contribution >= 0.6 is 46.7 Å². The van der Waals surface area contributed by atoms with Crippen molar-refractivity contribution in [2.24, 2.45) is 0 Å². The molecule has 0 bridgehead atoms. The Labute approximate surface area is 182 Å². The molecule has 0 aliphatic rings. The molecule has 0 amide bonds. The Hall–Kier alpha value is -0.890. The Morgan fingerprint density at radius 2 is 1.86 bits per heavy atom. The summed E-state index contributed by atoms with van der Waals surface area (Å²) >= 11 is 9.16. The Bertz CT molecular complexity index is 1010. The lowest BCUT2D eigenvalue weighted by Gasteiger charge is -2.16. The molecule has 0 fully saturated rings. The molecule has 0 radical (unpaired) electrons. The molecule has 28 heavy (non-hydrogen) atoms. The molecular formula is C19H20BrN2O3PS2. The second-order valence-electron chi connectivity index (χ2n) is 5.79. The normalized spacial score (nSPS) is 13.6. The number of fused-ring (bicyclic) bond motifs is 1. The first-order valence-electron chi connectivity index (χ1n) is 8.73. The summed E-state index contributed by atoms with van der Waals surface area (Å²) in [6, 6.07) is 13.5. The molecule has 3 aromatic rings. The average molecular weight is 499 g/mol. The molecule has 0 N–H and O–H groups in total. The molecule has 0 aliphatic carbocycles. The smallest absolute Gasteiger partial charge is 0.301 e. The minimum Gasteiger partial charge on any atom is -0.301 e. The maximum absolute atomic E-state index is 12.5. The van der Waals surface area contributed by atoms with E-state index in [9.17, 15) is 4.57 Å². The molecule has 0 saturated carbocycles. The fourth-order valence-electron chi connectivity index (χ4n) is 2.55. The van der Waals surface area contributed by atoms with Gasteiger partial charge in [-0.1, -0.05) is 47.1 Å². The van der Waals surface area contributed by atoms with Crippen molar-refractivity contribution in [3.05, 3.63) is 52.5 Å². The number of thiol groups is 1. The highest BCUT2D eigenvalue weighted by atomic mass is 79.9. The summed E-state index contributed by atoms with van der Waals surface area (Å²) in [5, 5.41) is 1.52. The molecular weight excluding hydrogens is 479 g/mol. The van der Waals surface area contributed by atoms with Gasteiger partial charge in [-0.15, -0.1) is 12.6 Å².